The van der Waals surface area contributed by atoms with Crippen LogP contribution in [0.15, 0.2) is 243 Å². The molecule has 420 valence electrons. The smallest absolute Gasteiger partial charge is 0.0645 e. The van der Waals surface area contributed by atoms with Crippen LogP contribution in [0.1, 0.15) is 104 Å². The Kier molecular flexibility index (Phi) is 12.0. The molecule has 0 saturated carbocycles. The molecule has 0 spiro atoms. The SMILES string of the molecule is CC(C)(C)c1ccc(-c2ccc(N(c3ccc4ccccc4c3)c3ccc4c(c3)c3c5ccccc5c(N(c5ccc(-c6ccc(C(C)(C)C)cc6)cc5)c5ccc6ccccc6c5)c5c6c(n4c53)-c3cc(C(C)(C)C)ccc3C6(C)C)cc2)cc1. The Morgan fingerprint density at radius 1 is 0.337 bits per heavy atom. The fourth-order valence-corrected chi connectivity index (χ4v) is 14.2. The predicted molar refractivity (Wildman–Crippen MR) is 370 cm³/mol. The van der Waals surface area contributed by atoms with Crippen molar-refractivity contribution in [2.75, 3.05) is 9.80 Å². The molecule has 0 fully saturated rings. The number of rotatable bonds is 8. The van der Waals surface area contributed by atoms with Gasteiger partial charge < -0.3 is 14.2 Å². The molecule has 3 nitrogen and oxygen atoms in total. The van der Waals surface area contributed by atoms with Crippen LogP contribution >= 0.6 is 0 Å². The maximum absolute atomic E-state index is 2.68. The van der Waals surface area contributed by atoms with Crippen LogP contribution in [0.25, 0.3) is 93.0 Å². The van der Waals surface area contributed by atoms with Crippen LogP contribution < -0.4 is 9.80 Å². The third-order valence-electron chi connectivity index (χ3n) is 18.9. The van der Waals surface area contributed by atoms with E-state index in [4.69, 9.17) is 0 Å². The highest BCUT2D eigenvalue weighted by molar-refractivity contribution is 6.34. The molecule has 0 atom stereocenters. The molecule has 0 unspecified atom stereocenters. The molecule has 1 aliphatic rings. The summed E-state index contributed by atoms with van der Waals surface area (Å²) in [6.45, 7) is 25.6. The van der Waals surface area contributed by atoms with E-state index in [1.54, 1.807) is 0 Å². The fraction of sp³-hybridized carbons (Fsp3) is 0.181. The van der Waals surface area contributed by atoms with E-state index in [1.807, 2.05) is 0 Å². The Morgan fingerprint density at radius 3 is 1.28 bits per heavy atom. The maximum atomic E-state index is 2.68. The summed E-state index contributed by atoms with van der Waals surface area (Å²) in [5.41, 5.74) is 23.1. The van der Waals surface area contributed by atoms with Crippen LogP contribution in [0.3, 0.4) is 0 Å². The highest BCUT2D eigenvalue weighted by atomic mass is 15.2. The molecule has 86 heavy (non-hydrogen) atoms. The van der Waals surface area contributed by atoms with E-state index in [0.717, 1.165) is 28.4 Å². The van der Waals surface area contributed by atoms with Crippen LogP contribution in [0, 0.1) is 0 Å². The summed E-state index contributed by atoms with van der Waals surface area (Å²) >= 11 is 0. The Bertz CT molecular complexity index is 4980. The standard InChI is InChI=1S/C83H73N3/c1-80(2,3)60-34-24-54(25-35-60)56-28-39-63(40-29-56)84(65-43-32-52-18-12-14-20-58(52)48-65)67-45-47-73-71(51-67)74-68-22-16-17-23-69(68)77(75-76-78(86(73)79(74)75)70-50-62(82(7,8)9)38-46-72(70)83(76,10)11)85(66-44-33-53-19-13-15-21-59(53)49-66)64-41-30-57(31-42-64)55-26-36-61(37-27-55)81(4,5)6/h12-51H,1-11H3. The molecule has 2 heterocycles. The molecule has 2 aromatic heterocycles. The maximum Gasteiger partial charge on any atom is 0.0645 e. The number of nitrogens with zero attached hydrogens (tertiary/aromatic N) is 3. The molecule has 1 aliphatic carbocycles. The third-order valence-corrected chi connectivity index (χ3v) is 18.9. The molecule has 0 saturated heterocycles. The van der Waals surface area contributed by atoms with Gasteiger partial charge in [-0.2, -0.15) is 0 Å². The van der Waals surface area contributed by atoms with Crippen LogP contribution in [0.5, 0.6) is 0 Å². The van der Waals surface area contributed by atoms with Gasteiger partial charge >= 0.3 is 0 Å². The van der Waals surface area contributed by atoms with Crippen LogP contribution in [-0.2, 0) is 21.7 Å². The lowest BCUT2D eigenvalue weighted by molar-refractivity contribution is 0.589. The molecule has 0 amide bonds. The van der Waals surface area contributed by atoms with E-state index in [0.29, 0.717) is 0 Å². The van der Waals surface area contributed by atoms with Gasteiger partial charge in [-0.25, -0.2) is 0 Å². The Labute approximate surface area is 506 Å². The number of hydrogen-bond donors (Lipinski definition) is 0. The first-order chi connectivity index (χ1) is 41.3. The van der Waals surface area contributed by atoms with Crippen molar-refractivity contribution in [1.29, 1.82) is 0 Å². The summed E-state index contributed by atoms with van der Waals surface area (Å²) in [6, 6.07) is 92.1. The summed E-state index contributed by atoms with van der Waals surface area (Å²) < 4.78 is 2.68. The second kappa shape index (κ2) is 19.3. The lowest BCUT2D eigenvalue weighted by Gasteiger charge is -2.31. The second-order valence-corrected chi connectivity index (χ2v) is 27.9. The van der Waals surface area contributed by atoms with E-state index in [1.165, 1.54) is 127 Å². The topological polar surface area (TPSA) is 10.9 Å². The first-order valence-electron chi connectivity index (χ1n) is 30.7. The normalized spacial score (nSPS) is 13.4. The van der Waals surface area contributed by atoms with Crippen molar-refractivity contribution in [1.82, 2.24) is 4.40 Å². The van der Waals surface area contributed by atoms with Crippen molar-refractivity contribution >= 4 is 93.6 Å². The highest BCUT2D eigenvalue weighted by Gasteiger charge is 2.44. The number of fused-ring (bicyclic) bond motifs is 12. The van der Waals surface area contributed by atoms with Gasteiger partial charge in [0.2, 0.25) is 0 Å². The Hall–Kier alpha value is -9.44. The lowest BCUT2D eigenvalue weighted by Crippen LogP contribution is -2.18. The molecule has 3 heteroatoms. The molecule has 0 N–H and O–H groups in total. The van der Waals surface area contributed by atoms with Gasteiger partial charge in [0.15, 0.2) is 0 Å². The Balaban J connectivity index is 1.01. The van der Waals surface area contributed by atoms with Gasteiger partial charge in [-0.1, -0.05) is 246 Å². The van der Waals surface area contributed by atoms with Crippen LogP contribution in [0.4, 0.5) is 34.1 Å². The molecule has 12 aromatic carbocycles. The van der Waals surface area contributed by atoms with Crippen molar-refractivity contribution in [2.24, 2.45) is 0 Å². The molecular formula is C83H73N3. The first-order valence-corrected chi connectivity index (χ1v) is 30.7. The summed E-state index contributed by atoms with van der Waals surface area (Å²) in [5.74, 6) is 0. The molecule has 15 rings (SSSR count). The molecule has 0 radical (unpaired) electrons. The highest BCUT2D eigenvalue weighted by Crippen LogP contribution is 2.61. The Morgan fingerprint density at radius 2 is 0.756 bits per heavy atom. The average molecular weight is 1110 g/mol. The quantitative estimate of drug-likeness (QED) is 0.150. The van der Waals surface area contributed by atoms with Gasteiger partial charge in [0.1, 0.15) is 0 Å². The summed E-state index contributed by atoms with van der Waals surface area (Å²) in [7, 11) is 0. The van der Waals surface area contributed by atoms with Crippen molar-refractivity contribution in [2.45, 2.75) is 97.8 Å². The van der Waals surface area contributed by atoms with Crippen LogP contribution in [-0.4, -0.2) is 4.40 Å². The minimum Gasteiger partial charge on any atom is -0.310 e. The summed E-state index contributed by atoms with van der Waals surface area (Å²) in [5, 5.41) is 11.1. The number of anilines is 6. The summed E-state index contributed by atoms with van der Waals surface area (Å²) in [4.78, 5) is 5.05. The van der Waals surface area contributed by atoms with E-state index >= 15 is 0 Å². The minimum atomic E-state index is -0.345. The zero-order chi connectivity index (χ0) is 59.2. The molecular weight excluding hydrogens is 1040 g/mol. The van der Waals surface area contributed by atoms with Gasteiger partial charge in [0.05, 0.1) is 22.4 Å². The van der Waals surface area contributed by atoms with E-state index in [-0.39, 0.29) is 21.7 Å². The number of benzene rings is 12. The van der Waals surface area contributed by atoms with Crippen molar-refractivity contribution < 1.29 is 0 Å². The van der Waals surface area contributed by atoms with Crippen LogP contribution in [0.2, 0.25) is 0 Å². The molecule has 14 aromatic rings. The molecule has 0 aliphatic heterocycles. The number of hydrogen-bond acceptors (Lipinski definition) is 2. The van der Waals surface area contributed by atoms with Crippen molar-refractivity contribution in [3.63, 3.8) is 0 Å². The van der Waals surface area contributed by atoms with E-state index < -0.39 is 0 Å². The predicted octanol–water partition coefficient (Wildman–Crippen LogP) is 23.6. The fourth-order valence-electron chi connectivity index (χ4n) is 14.2. The van der Waals surface area contributed by atoms with Gasteiger partial charge in [0, 0.05) is 61.0 Å². The van der Waals surface area contributed by atoms with Gasteiger partial charge in [0.25, 0.3) is 0 Å². The van der Waals surface area contributed by atoms with Gasteiger partial charge in [-0.05, 0) is 166 Å². The molecule has 0 bridgehead atoms. The second-order valence-electron chi connectivity index (χ2n) is 27.9. The van der Waals surface area contributed by atoms with Gasteiger partial charge in [-0.3, -0.25) is 0 Å². The van der Waals surface area contributed by atoms with Crippen molar-refractivity contribution in [3.8, 4) is 33.5 Å². The zero-order valence-corrected chi connectivity index (χ0v) is 51.4. The largest absolute Gasteiger partial charge is 0.310 e. The minimum absolute atomic E-state index is 0.0499. The zero-order valence-electron chi connectivity index (χ0n) is 51.4. The number of aromatic nitrogens is 1. The van der Waals surface area contributed by atoms with E-state index in [2.05, 4.69) is 333 Å². The third kappa shape index (κ3) is 8.52. The summed E-state index contributed by atoms with van der Waals surface area (Å²) in [6.07, 6.45) is 0. The van der Waals surface area contributed by atoms with E-state index in [9.17, 15) is 0 Å². The lowest BCUT2D eigenvalue weighted by atomic mass is 9.79. The first kappa shape index (κ1) is 53.3. The monoisotopic (exact) mass is 1110 g/mol. The average Bonchev–Trinajstić information content (AvgIpc) is 1.51. The van der Waals surface area contributed by atoms with Crippen molar-refractivity contribution in [3.05, 3.63) is 270 Å². The van der Waals surface area contributed by atoms with Gasteiger partial charge in [-0.15, -0.1) is 0 Å².